The van der Waals surface area contributed by atoms with E-state index in [1.807, 2.05) is 18.2 Å². The van der Waals surface area contributed by atoms with Gasteiger partial charge in [0.25, 0.3) is 0 Å². The van der Waals surface area contributed by atoms with Crippen LogP contribution in [0.2, 0.25) is 0 Å². The van der Waals surface area contributed by atoms with Crippen LogP contribution in [0.3, 0.4) is 0 Å². The van der Waals surface area contributed by atoms with Crippen molar-refractivity contribution in [3.63, 3.8) is 0 Å². The molecule has 1 amide bonds. The number of hydrogen-bond acceptors (Lipinski definition) is 5. The number of hydrogen-bond donors (Lipinski definition) is 1. The van der Waals surface area contributed by atoms with Crippen LogP contribution >= 0.6 is 24.8 Å². The Morgan fingerprint density at radius 3 is 2.26 bits per heavy atom. The van der Waals surface area contributed by atoms with E-state index in [0.717, 1.165) is 76.6 Å². The number of aryl methyl sites for hydroxylation is 1. The van der Waals surface area contributed by atoms with Gasteiger partial charge in [0.2, 0.25) is 5.91 Å². The molecule has 2 fully saturated rings. The fraction of sp³-hybridized carbons (Fsp3) is 0.406. The van der Waals surface area contributed by atoms with Crippen molar-refractivity contribution < 1.29 is 27.4 Å². The highest BCUT2D eigenvalue weighted by Crippen LogP contribution is 2.33. The lowest BCUT2D eigenvalue weighted by Gasteiger charge is -2.33. The van der Waals surface area contributed by atoms with Gasteiger partial charge in [-0.2, -0.15) is 0 Å². The molecule has 3 aromatic rings. The van der Waals surface area contributed by atoms with E-state index in [9.17, 15) is 18.0 Å². The summed E-state index contributed by atoms with van der Waals surface area (Å²) in [4.78, 5) is 17.2. The van der Waals surface area contributed by atoms with Crippen molar-refractivity contribution in [1.82, 2.24) is 9.80 Å². The Morgan fingerprint density at radius 1 is 0.884 bits per heavy atom. The Kier molecular flexibility index (Phi) is 13.1. The van der Waals surface area contributed by atoms with Gasteiger partial charge in [0.05, 0.1) is 13.2 Å². The lowest BCUT2D eigenvalue weighted by atomic mass is 9.86. The van der Waals surface area contributed by atoms with E-state index in [1.165, 1.54) is 11.1 Å². The summed E-state index contributed by atoms with van der Waals surface area (Å²) < 4.78 is 51.3. The van der Waals surface area contributed by atoms with Crippen LogP contribution in [0, 0.1) is 24.4 Å². The van der Waals surface area contributed by atoms with Crippen LogP contribution < -0.4 is 10.1 Å². The number of piperidine rings is 1. The molecule has 2 heterocycles. The zero-order valence-corrected chi connectivity index (χ0v) is 25.8. The van der Waals surface area contributed by atoms with E-state index in [-0.39, 0.29) is 36.5 Å². The standard InChI is InChI=1S/C32H36F3N3O3.2ClH/c1-22-2-5-25(36-32(39)10-13-37-14-16-40-17-15-37)18-27(22)24-8-11-38(12-9-24)21-23-3-6-26(7-4-23)41-31-20-29(34)28(33)19-30(31)35;;/h2-7,18-20,24H,8-17,21H2,1H3,(H,36,39);2*1H. The Hall–Kier alpha value is -2.82. The third kappa shape index (κ3) is 9.58. The lowest BCUT2D eigenvalue weighted by molar-refractivity contribution is -0.116. The topological polar surface area (TPSA) is 54.0 Å². The average Bonchev–Trinajstić information content (AvgIpc) is 2.98. The van der Waals surface area contributed by atoms with Crippen LogP contribution in [0.25, 0.3) is 0 Å². The molecule has 0 aromatic heterocycles. The first-order valence-electron chi connectivity index (χ1n) is 14.2. The SMILES string of the molecule is Cc1ccc(NC(=O)CCN2CCOCC2)cc1C1CCN(Cc2ccc(Oc3cc(F)c(F)cc3F)cc2)CC1.Cl.Cl. The molecule has 0 spiro atoms. The number of carbonyl (C=O) groups excluding carboxylic acids is 1. The van der Waals surface area contributed by atoms with Gasteiger partial charge >= 0.3 is 0 Å². The zero-order valence-electron chi connectivity index (χ0n) is 24.1. The summed E-state index contributed by atoms with van der Waals surface area (Å²) in [6, 6.07) is 14.6. The highest BCUT2D eigenvalue weighted by Gasteiger charge is 2.23. The Labute approximate surface area is 263 Å². The molecular formula is C32H38Cl2F3N3O3. The second-order valence-electron chi connectivity index (χ2n) is 10.8. The molecule has 2 saturated heterocycles. The van der Waals surface area contributed by atoms with Crippen LogP contribution in [0.15, 0.2) is 54.6 Å². The van der Waals surface area contributed by atoms with Crippen LogP contribution in [-0.4, -0.2) is 61.6 Å². The number of ether oxygens (including phenoxy) is 2. The van der Waals surface area contributed by atoms with E-state index >= 15 is 0 Å². The van der Waals surface area contributed by atoms with Gasteiger partial charge in [0, 0.05) is 50.4 Å². The first-order valence-corrected chi connectivity index (χ1v) is 14.2. The molecule has 43 heavy (non-hydrogen) atoms. The number of morpholine rings is 1. The summed E-state index contributed by atoms with van der Waals surface area (Å²) >= 11 is 0. The summed E-state index contributed by atoms with van der Waals surface area (Å²) in [6.07, 6.45) is 2.51. The molecular weight excluding hydrogens is 602 g/mol. The van der Waals surface area contributed by atoms with Crippen molar-refractivity contribution in [1.29, 1.82) is 0 Å². The molecule has 0 aliphatic carbocycles. The first-order chi connectivity index (χ1) is 19.8. The number of halogens is 5. The third-order valence-corrected chi connectivity index (χ3v) is 7.88. The monoisotopic (exact) mass is 639 g/mol. The minimum Gasteiger partial charge on any atom is -0.454 e. The van der Waals surface area contributed by atoms with Gasteiger partial charge in [-0.15, -0.1) is 24.8 Å². The third-order valence-electron chi connectivity index (χ3n) is 7.88. The quantitative estimate of drug-likeness (QED) is 0.253. The van der Waals surface area contributed by atoms with Gasteiger partial charge in [-0.05, 0) is 79.7 Å². The van der Waals surface area contributed by atoms with E-state index in [4.69, 9.17) is 9.47 Å². The van der Waals surface area contributed by atoms with E-state index in [0.29, 0.717) is 30.2 Å². The molecule has 3 aromatic carbocycles. The van der Waals surface area contributed by atoms with Crippen LogP contribution in [-0.2, 0) is 16.1 Å². The normalized spacial score (nSPS) is 16.2. The van der Waals surface area contributed by atoms with E-state index < -0.39 is 17.5 Å². The second-order valence-corrected chi connectivity index (χ2v) is 10.8. The zero-order chi connectivity index (χ0) is 28.8. The Morgan fingerprint density at radius 2 is 1.56 bits per heavy atom. The maximum atomic E-state index is 13.9. The molecule has 5 rings (SSSR count). The molecule has 0 radical (unpaired) electrons. The molecule has 6 nitrogen and oxygen atoms in total. The van der Waals surface area contributed by atoms with Crippen LogP contribution in [0.5, 0.6) is 11.5 Å². The number of carbonyl (C=O) groups is 1. The fourth-order valence-corrected chi connectivity index (χ4v) is 5.50. The van der Waals surface area contributed by atoms with Crippen LogP contribution in [0.1, 0.15) is 41.9 Å². The van der Waals surface area contributed by atoms with Crippen LogP contribution in [0.4, 0.5) is 18.9 Å². The second kappa shape index (κ2) is 16.3. The molecule has 0 bridgehead atoms. The Balaban J connectivity index is 0.00000253. The highest BCUT2D eigenvalue weighted by atomic mass is 35.5. The first kappa shape index (κ1) is 34.7. The minimum atomic E-state index is -1.25. The van der Waals surface area contributed by atoms with Crippen molar-refractivity contribution in [3.05, 3.63) is 88.7 Å². The van der Waals surface area contributed by atoms with Crippen molar-refractivity contribution >= 4 is 36.4 Å². The predicted octanol–water partition coefficient (Wildman–Crippen LogP) is 7.09. The maximum absolute atomic E-state index is 13.9. The molecule has 2 aliphatic heterocycles. The van der Waals surface area contributed by atoms with Crippen molar-refractivity contribution in [2.24, 2.45) is 0 Å². The van der Waals surface area contributed by atoms with Gasteiger partial charge in [-0.1, -0.05) is 18.2 Å². The summed E-state index contributed by atoms with van der Waals surface area (Å²) in [5.74, 6) is -2.91. The minimum absolute atomic E-state index is 0. The summed E-state index contributed by atoms with van der Waals surface area (Å²) in [6.45, 7) is 8.74. The predicted molar refractivity (Wildman–Crippen MR) is 166 cm³/mol. The molecule has 0 atom stereocenters. The number of likely N-dealkylation sites (tertiary alicyclic amines) is 1. The summed E-state index contributed by atoms with van der Waals surface area (Å²) in [5, 5.41) is 3.08. The lowest BCUT2D eigenvalue weighted by Crippen LogP contribution is -2.38. The van der Waals surface area contributed by atoms with Crippen molar-refractivity contribution in [2.45, 2.75) is 38.6 Å². The highest BCUT2D eigenvalue weighted by molar-refractivity contribution is 5.91. The number of amides is 1. The Bertz CT molecular complexity index is 1350. The number of nitrogens with zero attached hydrogens (tertiary/aromatic N) is 2. The van der Waals surface area contributed by atoms with Gasteiger partial charge < -0.3 is 14.8 Å². The molecule has 0 saturated carbocycles. The van der Waals surface area contributed by atoms with E-state index in [1.54, 1.807) is 12.1 Å². The molecule has 11 heteroatoms. The van der Waals surface area contributed by atoms with E-state index in [2.05, 4.69) is 34.2 Å². The smallest absolute Gasteiger partial charge is 0.225 e. The molecule has 234 valence electrons. The summed E-state index contributed by atoms with van der Waals surface area (Å²) in [7, 11) is 0. The number of nitrogens with one attached hydrogen (secondary N) is 1. The maximum Gasteiger partial charge on any atom is 0.225 e. The van der Waals surface area contributed by atoms with Crippen molar-refractivity contribution in [3.8, 4) is 11.5 Å². The van der Waals surface area contributed by atoms with Gasteiger partial charge in [-0.25, -0.2) is 13.2 Å². The molecule has 1 N–H and O–H groups in total. The fourth-order valence-electron chi connectivity index (χ4n) is 5.50. The van der Waals surface area contributed by atoms with Crippen molar-refractivity contribution in [2.75, 3.05) is 51.3 Å². The molecule has 2 aliphatic rings. The van der Waals surface area contributed by atoms with Gasteiger partial charge in [0.15, 0.2) is 23.2 Å². The number of anilines is 1. The number of rotatable bonds is 9. The van der Waals surface area contributed by atoms with Gasteiger partial charge in [-0.3, -0.25) is 14.6 Å². The molecule has 0 unspecified atom stereocenters. The summed E-state index contributed by atoms with van der Waals surface area (Å²) in [5.41, 5.74) is 4.47. The largest absolute Gasteiger partial charge is 0.454 e. The van der Waals surface area contributed by atoms with Gasteiger partial charge in [0.1, 0.15) is 5.75 Å². The average molecular weight is 641 g/mol. The number of benzene rings is 3.